The van der Waals surface area contributed by atoms with Crippen LogP contribution in [0, 0.1) is 13.8 Å². The number of fused-ring (bicyclic) bond motifs is 1. The van der Waals surface area contributed by atoms with Crippen LogP contribution >= 0.6 is 0 Å². The van der Waals surface area contributed by atoms with Crippen molar-refractivity contribution in [2.75, 3.05) is 0 Å². The maximum absolute atomic E-state index is 5.87. The summed E-state index contributed by atoms with van der Waals surface area (Å²) in [6, 6.07) is 20.8. The quantitative estimate of drug-likeness (QED) is 0.521. The Morgan fingerprint density at radius 1 is 0.958 bits per heavy atom. The van der Waals surface area contributed by atoms with Crippen molar-refractivity contribution in [2.24, 2.45) is 0 Å². The van der Waals surface area contributed by atoms with Gasteiger partial charge >= 0.3 is 0 Å². The molecule has 4 aromatic rings. The Morgan fingerprint density at radius 2 is 1.71 bits per heavy atom. The molecule has 2 aromatic carbocycles. The SMILES string of the molecule is Cc1oc(-c2ccccc2)nc1CCn1c(C)cc2ccccc21. The van der Waals surface area contributed by atoms with Gasteiger partial charge in [-0.3, -0.25) is 0 Å². The second-order valence-electron chi connectivity index (χ2n) is 6.13. The number of hydrogen-bond acceptors (Lipinski definition) is 2. The van der Waals surface area contributed by atoms with Crippen LogP contribution in [-0.4, -0.2) is 9.55 Å². The zero-order valence-corrected chi connectivity index (χ0v) is 14.0. The molecule has 0 saturated heterocycles. The molecule has 4 rings (SSSR count). The first-order valence-corrected chi connectivity index (χ1v) is 8.29. The minimum Gasteiger partial charge on any atom is -0.441 e. The Balaban J connectivity index is 1.60. The maximum Gasteiger partial charge on any atom is 0.226 e. The molecule has 0 saturated carbocycles. The summed E-state index contributed by atoms with van der Waals surface area (Å²) >= 11 is 0. The second-order valence-corrected chi connectivity index (χ2v) is 6.13. The lowest BCUT2D eigenvalue weighted by Crippen LogP contribution is -2.04. The van der Waals surface area contributed by atoms with Crippen molar-refractivity contribution in [3.8, 4) is 11.5 Å². The number of benzene rings is 2. The standard InChI is InChI=1S/C21H20N2O/c1-15-14-18-10-6-7-11-20(18)23(15)13-12-19-16(2)24-21(22-19)17-8-4-3-5-9-17/h3-11,14H,12-13H2,1-2H3. The third-order valence-electron chi connectivity index (χ3n) is 4.50. The molecule has 0 aliphatic heterocycles. The highest BCUT2D eigenvalue weighted by atomic mass is 16.4. The molecule has 0 radical (unpaired) electrons. The maximum atomic E-state index is 5.87. The monoisotopic (exact) mass is 316 g/mol. The number of hydrogen-bond donors (Lipinski definition) is 0. The van der Waals surface area contributed by atoms with Crippen LogP contribution in [0.4, 0.5) is 0 Å². The van der Waals surface area contributed by atoms with Gasteiger partial charge in [-0.25, -0.2) is 4.98 Å². The normalized spacial score (nSPS) is 11.2. The van der Waals surface area contributed by atoms with Crippen molar-refractivity contribution in [3.63, 3.8) is 0 Å². The minimum atomic E-state index is 0.706. The van der Waals surface area contributed by atoms with E-state index in [1.807, 2.05) is 37.3 Å². The predicted octanol–water partition coefficient (Wildman–Crippen LogP) is 5.16. The van der Waals surface area contributed by atoms with E-state index in [-0.39, 0.29) is 0 Å². The molecule has 120 valence electrons. The van der Waals surface area contributed by atoms with Crippen molar-refractivity contribution in [1.82, 2.24) is 9.55 Å². The molecule has 0 unspecified atom stereocenters. The Bertz CT molecular complexity index is 980. The molecular weight excluding hydrogens is 296 g/mol. The van der Waals surface area contributed by atoms with E-state index in [4.69, 9.17) is 9.40 Å². The Hall–Kier alpha value is -2.81. The molecule has 0 amide bonds. The van der Waals surface area contributed by atoms with Gasteiger partial charge in [0.05, 0.1) is 5.69 Å². The van der Waals surface area contributed by atoms with Gasteiger partial charge in [0.2, 0.25) is 5.89 Å². The van der Waals surface area contributed by atoms with Crippen LogP contribution in [0.5, 0.6) is 0 Å². The van der Waals surface area contributed by atoms with Crippen LogP contribution in [0.3, 0.4) is 0 Å². The third kappa shape index (κ3) is 2.62. The Labute approximate surface area is 141 Å². The average Bonchev–Trinajstić information content (AvgIpc) is 3.13. The van der Waals surface area contributed by atoms with E-state index >= 15 is 0 Å². The number of para-hydroxylation sites is 1. The number of rotatable bonds is 4. The predicted molar refractivity (Wildman–Crippen MR) is 97.1 cm³/mol. The van der Waals surface area contributed by atoms with Crippen LogP contribution in [0.25, 0.3) is 22.4 Å². The number of aromatic nitrogens is 2. The summed E-state index contributed by atoms with van der Waals surface area (Å²) in [6.07, 6.45) is 0.863. The summed E-state index contributed by atoms with van der Waals surface area (Å²) in [6.45, 7) is 5.06. The second kappa shape index (κ2) is 6.00. The summed E-state index contributed by atoms with van der Waals surface area (Å²) in [5.74, 6) is 1.61. The molecule has 2 aromatic heterocycles. The number of aryl methyl sites for hydroxylation is 4. The summed E-state index contributed by atoms with van der Waals surface area (Å²) in [4.78, 5) is 4.71. The molecule has 0 fully saturated rings. The van der Waals surface area contributed by atoms with E-state index in [2.05, 4.69) is 41.8 Å². The van der Waals surface area contributed by atoms with Crippen molar-refractivity contribution >= 4 is 10.9 Å². The fraction of sp³-hybridized carbons (Fsp3) is 0.190. The fourth-order valence-corrected chi connectivity index (χ4v) is 3.23. The highest BCUT2D eigenvalue weighted by Crippen LogP contribution is 2.23. The number of nitrogens with zero attached hydrogens (tertiary/aromatic N) is 2. The summed E-state index contributed by atoms with van der Waals surface area (Å²) < 4.78 is 8.22. The molecule has 0 N–H and O–H groups in total. The minimum absolute atomic E-state index is 0.706. The first-order chi connectivity index (χ1) is 11.7. The average molecular weight is 316 g/mol. The molecule has 3 nitrogen and oxygen atoms in total. The van der Waals surface area contributed by atoms with Crippen LogP contribution in [0.15, 0.2) is 65.1 Å². The molecule has 0 bridgehead atoms. The van der Waals surface area contributed by atoms with Gasteiger partial charge in [0, 0.05) is 29.7 Å². The first-order valence-electron chi connectivity index (χ1n) is 8.29. The summed E-state index contributed by atoms with van der Waals surface area (Å²) in [5, 5.41) is 1.29. The van der Waals surface area contributed by atoms with Crippen molar-refractivity contribution in [3.05, 3.63) is 77.8 Å². The lowest BCUT2D eigenvalue weighted by Gasteiger charge is -2.07. The largest absolute Gasteiger partial charge is 0.441 e. The van der Waals surface area contributed by atoms with E-state index in [9.17, 15) is 0 Å². The van der Waals surface area contributed by atoms with Crippen LogP contribution < -0.4 is 0 Å². The van der Waals surface area contributed by atoms with Crippen molar-refractivity contribution in [1.29, 1.82) is 0 Å². The molecule has 0 atom stereocenters. The smallest absolute Gasteiger partial charge is 0.226 e. The zero-order chi connectivity index (χ0) is 16.5. The van der Waals surface area contributed by atoms with E-state index in [0.29, 0.717) is 5.89 Å². The highest BCUT2D eigenvalue weighted by Gasteiger charge is 2.12. The van der Waals surface area contributed by atoms with Gasteiger partial charge in [0.15, 0.2) is 0 Å². The van der Waals surface area contributed by atoms with E-state index in [1.54, 1.807) is 0 Å². The van der Waals surface area contributed by atoms with Gasteiger partial charge in [-0.15, -0.1) is 0 Å². The number of oxazole rings is 1. The lowest BCUT2D eigenvalue weighted by molar-refractivity contribution is 0.537. The first kappa shape index (κ1) is 14.8. The van der Waals surface area contributed by atoms with E-state index in [1.165, 1.54) is 16.6 Å². The van der Waals surface area contributed by atoms with Crippen LogP contribution in [0.2, 0.25) is 0 Å². The Morgan fingerprint density at radius 3 is 2.54 bits per heavy atom. The van der Waals surface area contributed by atoms with Crippen molar-refractivity contribution in [2.45, 2.75) is 26.8 Å². The van der Waals surface area contributed by atoms with Crippen molar-refractivity contribution < 1.29 is 4.42 Å². The topological polar surface area (TPSA) is 31.0 Å². The third-order valence-corrected chi connectivity index (χ3v) is 4.50. The fourth-order valence-electron chi connectivity index (χ4n) is 3.23. The molecule has 0 aliphatic carbocycles. The van der Waals surface area contributed by atoms with E-state index in [0.717, 1.165) is 30.0 Å². The van der Waals surface area contributed by atoms with Gasteiger partial charge in [0.1, 0.15) is 5.76 Å². The highest BCUT2D eigenvalue weighted by molar-refractivity contribution is 5.81. The molecular formula is C21H20N2O. The molecule has 0 aliphatic rings. The van der Waals surface area contributed by atoms with E-state index < -0.39 is 0 Å². The van der Waals surface area contributed by atoms with Crippen LogP contribution in [0.1, 0.15) is 17.1 Å². The summed E-state index contributed by atoms with van der Waals surface area (Å²) in [5.41, 5.74) is 4.61. The van der Waals surface area contributed by atoms with Crippen LogP contribution in [-0.2, 0) is 13.0 Å². The zero-order valence-electron chi connectivity index (χ0n) is 14.0. The van der Waals surface area contributed by atoms with Gasteiger partial charge in [-0.2, -0.15) is 0 Å². The van der Waals surface area contributed by atoms with Gasteiger partial charge < -0.3 is 8.98 Å². The summed E-state index contributed by atoms with van der Waals surface area (Å²) in [7, 11) is 0. The molecule has 2 heterocycles. The molecule has 24 heavy (non-hydrogen) atoms. The van der Waals surface area contributed by atoms with Gasteiger partial charge in [-0.1, -0.05) is 36.4 Å². The van der Waals surface area contributed by atoms with Gasteiger partial charge in [0.25, 0.3) is 0 Å². The lowest BCUT2D eigenvalue weighted by atomic mass is 10.2. The van der Waals surface area contributed by atoms with Gasteiger partial charge in [-0.05, 0) is 43.5 Å². The molecule has 0 spiro atoms. The Kier molecular flexibility index (Phi) is 3.69. The molecule has 3 heteroatoms.